The lowest BCUT2D eigenvalue weighted by Gasteiger charge is -2.30. The number of aliphatic carboxylic acids is 1. The van der Waals surface area contributed by atoms with E-state index in [-0.39, 0.29) is 5.75 Å². The normalized spacial score (nSPS) is 22.4. The summed E-state index contributed by atoms with van der Waals surface area (Å²) in [6.07, 6.45) is 4.71. The van der Waals surface area contributed by atoms with Crippen LogP contribution in [0.2, 0.25) is 0 Å². The third-order valence-corrected chi connectivity index (χ3v) is 6.45. The van der Waals surface area contributed by atoms with Crippen LogP contribution in [-0.2, 0) is 4.79 Å². The van der Waals surface area contributed by atoms with E-state index in [1.807, 2.05) is 30.0 Å². The van der Waals surface area contributed by atoms with E-state index in [9.17, 15) is 4.79 Å². The second kappa shape index (κ2) is 7.84. The fourth-order valence-corrected chi connectivity index (χ4v) is 5.21. The van der Waals surface area contributed by atoms with Crippen LogP contribution in [0.15, 0.2) is 29.2 Å². The molecule has 110 valence electrons. The molecule has 0 bridgehead atoms. The molecule has 2 unspecified atom stereocenters. The molecule has 2 rings (SSSR count). The highest BCUT2D eigenvalue weighted by molar-refractivity contribution is 8.04. The van der Waals surface area contributed by atoms with Gasteiger partial charge in [0, 0.05) is 15.4 Å². The molecule has 3 nitrogen and oxygen atoms in total. The van der Waals surface area contributed by atoms with Gasteiger partial charge in [0.1, 0.15) is 5.75 Å². The lowest BCUT2D eigenvalue weighted by Crippen LogP contribution is -2.25. The number of thioether (sulfide) groups is 2. The van der Waals surface area contributed by atoms with Crippen molar-refractivity contribution >= 4 is 29.5 Å². The van der Waals surface area contributed by atoms with Crippen molar-refractivity contribution in [1.82, 2.24) is 0 Å². The zero-order valence-electron chi connectivity index (χ0n) is 11.6. The summed E-state index contributed by atoms with van der Waals surface area (Å²) in [5, 5.41) is 9.76. The SMILES string of the molecule is COc1ccccc1SC1CCCCC1SCC(=O)O. The standard InChI is InChI=1S/C15H20O3S2/c1-18-11-6-2-3-7-12(11)20-14-9-5-4-8-13(14)19-10-15(16)17/h2-3,6-7,13-14H,4-5,8-10H2,1H3,(H,16,17). The molecule has 0 aliphatic heterocycles. The van der Waals surface area contributed by atoms with Crippen molar-refractivity contribution in [2.75, 3.05) is 12.9 Å². The first-order valence-corrected chi connectivity index (χ1v) is 8.76. The molecule has 0 radical (unpaired) electrons. The summed E-state index contributed by atoms with van der Waals surface area (Å²) in [5.41, 5.74) is 0. The van der Waals surface area contributed by atoms with E-state index < -0.39 is 5.97 Å². The molecule has 1 aromatic carbocycles. The summed E-state index contributed by atoms with van der Waals surface area (Å²) in [6, 6.07) is 8.05. The Bertz CT molecular complexity index is 450. The third kappa shape index (κ3) is 4.35. The predicted octanol–water partition coefficient (Wildman–Crippen LogP) is 3.92. The third-order valence-electron chi connectivity index (χ3n) is 3.41. The van der Waals surface area contributed by atoms with E-state index in [0.29, 0.717) is 10.5 Å². The quantitative estimate of drug-likeness (QED) is 0.862. The van der Waals surface area contributed by atoms with Crippen molar-refractivity contribution in [2.45, 2.75) is 41.1 Å². The molecular formula is C15H20O3S2. The molecule has 0 spiro atoms. The number of carbonyl (C=O) groups is 1. The van der Waals surface area contributed by atoms with Gasteiger partial charge in [0.05, 0.1) is 12.9 Å². The maximum atomic E-state index is 10.8. The zero-order valence-corrected chi connectivity index (χ0v) is 13.2. The van der Waals surface area contributed by atoms with Crippen LogP contribution in [0.5, 0.6) is 5.75 Å². The van der Waals surface area contributed by atoms with E-state index in [0.717, 1.165) is 23.5 Å². The number of hydrogen-bond acceptors (Lipinski definition) is 4. The van der Waals surface area contributed by atoms with Crippen LogP contribution in [0.25, 0.3) is 0 Å². The Labute approximate surface area is 128 Å². The van der Waals surface area contributed by atoms with Crippen LogP contribution in [0, 0.1) is 0 Å². The van der Waals surface area contributed by atoms with Gasteiger partial charge in [0.15, 0.2) is 0 Å². The number of carboxylic acid groups (broad SMARTS) is 1. The van der Waals surface area contributed by atoms with Crippen molar-refractivity contribution in [3.63, 3.8) is 0 Å². The molecule has 5 heteroatoms. The molecule has 20 heavy (non-hydrogen) atoms. The van der Waals surface area contributed by atoms with Gasteiger partial charge in [0.2, 0.25) is 0 Å². The van der Waals surface area contributed by atoms with E-state index in [2.05, 4.69) is 6.07 Å². The zero-order chi connectivity index (χ0) is 14.4. The van der Waals surface area contributed by atoms with Gasteiger partial charge >= 0.3 is 5.97 Å². The minimum atomic E-state index is -0.721. The van der Waals surface area contributed by atoms with Gasteiger partial charge in [-0.25, -0.2) is 0 Å². The van der Waals surface area contributed by atoms with Gasteiger partial charge < -0.3 is 9.84 Å². The van der Waals surface area contributed by atoms with Crippen LogP contribution in [-0.4, -0.2) is 34.4 Å². The maximum absolute atomic E-state index is 10.8. The lowest BCUT2D eigenvalue weighted by molar-refractivity contribution is -0.133. The molecule has 1 aliphatic rings. The van der Waals surface area contributed by atoms with Crippen molar-refractivity contribution in [1.29, 1.82) is 0 Å². The molecule has 0 saturated heterocycles. The van der Waals surface area contributed by atoms with Crippen molar-refractivity contribution in [2.24, 2.45) is 0 Å². The summed E-state index contributed by atoms with van der Waals surface area (Å²) >= 11 is 3.42. The Morgan fingerprint density at radius 3 is 2.70 bits per heavy atom. The highest BCUT2D eigenvalue weighted by atomic mass is 32.2. The highest BCUT2D eigenvalue weighted by Crippen LogP contribution is 2.42. The monoisotopic (exact) mass is 312 g/mol. The first-order chi connectivity index (χ1) is 9.70. The molecule has 1 aliphatic carbocycles. The Kier molecular flexibility index (Phi) is 6.10. The molecule has 1 N–H and O–H groups in total. The van der Waals surface area contributed by atoms with Gasteiger partial charge in [-0.15, -0.1) is 23.5 Å². The average Bonchev–Trinajstić information content (AvgIpc) is 2.47. The summed E-state index contributed by atoms with van der Waals surface area (Å²) in [7, 11) is 1.69. The average molecular weight is 312 g/mol. The Morgan fingerprint density at radius 2 is 2.00 bits per heavy atom. The smallest absolute Gasteiger partial charge is 0.313 e. The molecule has 2 atom stereocenters. The van der Waals surface area contributed by atoms with E-state index in [1.165, 1.54) is 12.8 Å². The number of rotatable bonds is 6. The Hall–Kier alpha value is -0.810. The second-order valence-electron chi connectivity index (χ2n) is 4.83. The number of benzene rings is 1. The van der Waals surface area contributed by atoms with Crippen molar-refractivity contribution < 1.29 is 14.6 Å². The highest BCUT2D eigenvalue weighted by Gasteiger charge is 2.27. The number of hydrogen-bond donors (Lipinski definition) is 1. The number of para-hydroxylation sites is 1. The van der Waals surface area contributed by atoms with Gasteiger partial charge in [-0.3, -0.25) is 4.79 Å². The van der Waals surface area contributed by atoms with Crippen LogP contribution in [0.3, 0.4) is 0 Å². The summed E-state index contributed by atoms with van der Waals surface area (Å²) in [5.74, 6) is 0.389. The number of ether oxygens (including phenoxy) is 1. The second-order valence-corrected chi connectivity index (χ2v) is 7.34. The van der Waals surface area contributed by atoms with Gasteiger partial charge in [0.25, 0.3) is 0 Å². The van der Waals surface area contributed by atoms with Gasteiger partial charge in [-0.1, -0.05) is 25.0 Å². The largest absolute Gasteiger partial charge is 0.496 e. The molecule has 1 saturated carbocycles. The fourth-order valence-electron chi connectivity index (χ4n) is 2.45. The topological polar surface area (TPSA) is 46.5 Å². The molecule has 0 heterocycles. The van der Waals surface area contributed by atoms with Crippen LogP contribution < -0.4 is 4.74 Å². The van der Waals surface area contributed by atoms with Gasteiger partial charge in [-0.05, 0) is 25.0 Å². The Morgan fingerprint density at radius 1 is 1.30 bits per heavy atom. The first kappa shape index (κ1) is 15.6. The lowest BCUT2D eigenvalue weighted by atomic mass is 10.00. The maximum Gasteiger partial charge on any atom is 0.313 e. The minimum absolute atomic E-state index is 0.202. The van der Waals surface area contributed by atoms with Gasteiger partial charge in [-0.2, -0.15) is 0 Å². The van der Waals surface area contributed by atoms with Crippen molar-refractivity contribution in [3.05, 3.63) is 24.3 Å². The predicted molar refractivity (Wildman–Crippen MR) is 85.0 cm³/mol. The fraction of sp³-hybridized carbons (Fsp3) is 0.533. The molecule has 0 aromatic heterocycles. The minimum Gasteiger partial charge on any atom is -0.496 e. The molecule has 1 aromatic rings. The Balaban J connectivity index is 2.02. The summed E-state index contributed by atoms with van der Waals surface area (Å²) < 4.78 is 5.40. The van der Waals surface area contributed by atoms with E-state index in [4.69, 9.17) is 9.84 Å². The molecule has 1 fully saturated rings. The van der Waals surface area contributed by atoms with E-state index >= 15 is 0 Å². The number of carboxylic acids is 1. The van der Waals surface area contributed by atoms with Crippen molar-refractivity contribution in [3.8, 4) is 5.75 Å². The molecular weight excluding hydrogens is 292 g/mol. The van der Waals surface area contributed by atoms with Crippen LogP contribution in [0.1, 0.15) is 25.7 Å². The van der Waals surface area contributed by atoms with E-state index in [1.54, 1.807) is 18.9 Å². The van der Waals surface area contributed by atoms with Crippen LogP contribution in [0.4, 0.5) is 0 Å². The first-order valence-electron chi connectivity index (χ1n) is 6.84. The summed E-state index contributed by atoms with van der Waals surface area (Å²) in [6.45, 7) is 0. The molecule has 0 amide bonds. The number of methoxy groups -OCH3 is 1. The van der Waals surface area contributed by atoms with Crippen LogP contribution >= 0.6 is 23.5 Å². The summed E-state index contributed by atoms with van der Waals surface area (Å²) in [4.78, 5) is 11.9.